The molecule has 2 rings (SSSR count). The average molecular weight is 447 g/mol. The Hall–Kier alpha value is -0.940. The fourth-order valence-electron chi connectivity index (χ4n) is 3.75. The molecule has 176 valence electrons. The van der Waals surface area contributed by atoms with Crippen molar-refractivity contribution >= 4 is 16.0 Å². The predicted octanol–water partition coefficient (Wildman–Crippen LogP) is -0.0382. The van der Waals surface area contributed by atoms with E-state index >= 15 is 0 Å². The molecule has 2 fully saturated rings. The number of aliphatic imine (C=N–C) groups is 1. The van der Waals surface area contributed by atoms with Crippen LogP contribution in [-0.4, -0.2) is 130 Å². The normalized spacial score (nSPS) is 20.8. The number of hydrogen-bond donors (Lipinski definition) is 1. The van der Waals surface area contributed by atoms with E-state index in [1.165, 1.54) is 0 Å². The van der Waals surface area contributed by atoms with Gasteiger partial charge in [0.1, 0.15) is 0 Å². The van der Waals surface area contributed by atoms with Crippen molar-refractivity contribution in [1.29, 1.82) is 0 Å². The van der Waals surface area contributed by atoms with E-state index in [0.29, 0.717) is 26.2 Å². The van der Waals surface area contributed by atoms with Crippen LogP contribution >= 0.6 is 0 Å². The van der Waals surface area contributed by atoms with Gasteiger partial charge in [-0.1, -0.05) is 6.92 Å². The minimum absolute atomic E-state index is 0.0463. The molecule has 30 heavy (non-hydrogen) atoms. The van der Waals surface area contributed by atoms with Crippen LogP contribution in [0.1, 0.15) is 27.7 Å². The SMILES string of the molecule is CCNC(=NCCN1CCN(CC)CC1)N1CCN(S(=O)(=O)CCOC(C)C)CC1. The van der Waals surface area contributed by atoms with Crippen LogP contribution < -0.4 is 5.32 Å². The molecule has 0 aromatic rings. The zero-order valence-corrected chi connectivity index (χ0v) is 20.2. The summed E-state index contributed by atoms with van der Waals surface area (Å²) in [5.41, 5.74) is 0. The summed E-state index contributed by atoms with van der Waals surface area (Å²) in [6, 6.07) is 0. The van der Waals surface area contributed by atoms with Gasteiger partial charge in [-0.3, -0.25) is 9.89 Å². The van der Waals surface area contributed by atoms with Crippen LogP contribution in [-0.2, 0) is 14.8 Å². The Morgan fingerprint density at radius 1 is 1.00 bits per heavy atom. The van der Waals surface area contributed by atoms with E-state index in [9.17, 15) is 8.42 Å². The fourth-order valence-corrected chi connectivity index (χ4v) is 5.03. The summed E-state index contributed by atoms with van der Waals surface area (Å²) in [7, 11) is -3.27. The highest BCUT2D eigenvalue weighted by Gasteiger charge is 2.28. The molecule has 2 saturated heterocycles. The number of guanidine groups is 1. The molecule has 9 nitrogen and oxygen atoms in total. The van der Waals surface area contributed by atoms with Crippen molar-refractivity contribution in [3.8, 4) is 0 Å². The lowest BCUT2D eigenvalue weighted by molar-refractivity contribution is 0.0904. The standard InChI is InChI=1S/C20H42N6O3S/c1-5-21-20(22-7-8-24-11-9-23(6-2)10-12-24)25-13-15-26(16-14-25)30(27,28)18-17-29-19(3)4/h19H,5-18H2,1-4H3,(H,21,22). The van der Waals surface area contributed by atoms with Gasteiger partial charge in [-0.15, -0.1) is 0 Å². The first-order chi connectivity index (χ1) is 14.4. The Kier molecular flexibility index (Phi) is 10.8. The molecule has 2 heterocycles. The molecule has 2 aliphatic heterocycles. The molecule has 0 unspecified atom stereocenters. The summed E-state index contributed by atoms with van der Waals surface area (Å²) in [6.07, 6.45) is 0.0476. The molecule has 0 radical (unpaired) electrons. The van der Waals surface area contributed by atoms with Crippen molar-refractivity contribution in [2.24, 2.45) is 4.99 Å². The van der Waals surface area contributed by atoms with E-state index in [2.05, 4.69) is 33.9 Å². The maximum atomic E-state index is 12.5. The van der Waals surface area contributed by atoms with E-state index in [-0.39, 0.29) is 18.5 Å². The minimum Gasteiger partial charge on any atom is -0.378 e. The number of nitrogens with one attached hydrogen (secondary N) is 1. The highest BCUT2D eigenvalue weighted by Crippen LogP contribution is 2.09. The third kappa shape index (κ3) is 8.30. The number of likely N-dealkylation sites (N-methyl/N-ethyl adjacent to an activating group) is 1. The van der Waals surface area contributed by atoms with Crippen LogP contribution in [0.15, 0.2) is 4.99 Å². The first-order valence-corrected chi connectivity index (χ1v) is 13.0. The van der Waals surface area contributed by atoms with Crippen LogP contribution in [0.5, 0.6) is 0 Å². The molecule has 10 heteroatoms. The van der Waals surface area contributed by atoms with Crippen molar-refractivity contribution in [2.75, 3.05) is 90.9 Å². The Morgan fingerprint density at radius 3 is 2.20 bits per heavy atom. The largest absolute Gasteiger partial charge is 0.378 e. The van der Waals surface area contributed by atoms with E-state index in [1.807, 2.05) is 13.8 Å². The first kappa shape index (κ1) is 25.3. The molecule has 0 aromatic heterocycles. The van der Waals surface area contributed by atoms with Gasteiger partial charge < -0.3 is 19.9 Å². The summed E-state index contributed by atoms with van der Waals surface area (Å²) in [5.74, 6) is 0.940. The second-order valence-electron chi connectivity index (χ2n) is 8.13. The molecule has 0 atom stereocenters. The molecule has 0 saturated carbocycles. The second kappa shape index (κ2) is 12.8. The molecular weight excluding hydrogens is 404 g/mol. The molecule has 2 aliphatic rings. The van der Waals surface area contributed by atoms with E-state index in [1.54, 1.807) is 4.31 Å². The summed E-state index contributed by atoms with van der Waals surface area (Å²) in [5, 5.41) is 3.37. The zero-order valence-electron chi connectivity index (χ0n) is 19.3. The maximum Gasteiger partial charge on any atom is 0.216 e. The molecule has 1 N–H and O–H groups in total. The van der Waals surface area contributed by atoms with Gasteiger partial charge in [-0.25, -0.2) is 8.42 Å². The van der Waals surface area contributed by atoms with Crippen molar-refractivity contribution < 1.29 is 13.2 Å². The van der Waals surface area contributed by atoms with Gasteiger partial charge in [0.25, 0.3) is 0 Å². The van der Waals surface area contributed by atoms with Crippen LogP contribution in [0.25, 0.3) is 0 Å². The summed E-state index contributed by atoms with van der Waals surface area (Å²) < 4.78 is 32.1. The predicted molar refractivity (Wildman–Crippen MR) is 123 cm³/mol. The Morgan fingerprint density at radius 2 is 1.63 bits per heavy atom. The average Bonchev–Trinajstić information content (AvgIpc) is 2.73. The van der Waals surface area contributed by atoms with Gasteiger partial charge >= 0.3 is 0 Å². The lowest BCUT2D eigenvalue weighted by atomic mass is 10.3. The monoisotopic (exact) mass is 446 g/mol. The molecule has 0 bridgehead atoms. The number of hydrogen-bond acceptors (Lipinski definition) is 6. The summed E-state index contributed by atoms with van der Waals surface area (Å²) >= 11 is 0. The van der Waals surface area contributed by atoms with Gasteiger partial charge in [0, 0.05) is 65.4 Å². The van der Waals surface area contributed by atoms with Gasteiger partial charge in [-0.05, 0) is 27.3 Å². The van der Waals surface area contributed by atoms with E-state index < -0.39 is 10.0 Å². The van der Waals surface area contributed by atoms with Crippen LogP contribution in [0, 0.1) is 0 Å². The third-order valence-corrected chi connectivity index (χ3v) is 7.48. The lowest BCUT2D eigenvalue weighted by Crippen LogP contribution is -2.54. The van der Waals surface area contributed by atoms with Gasteiger partial charge in [0.2, 0.25) is 10.0 Å². The Labute approximate surface area is 183 Å². The van der Waals surface area contributed by atoms with E-state index in [4.69, 9.17) is 9.73 Å². The third-order valence-electron chi connectivity index (χ3n) is 5.65. The number of sulfonamides is 1. The molecule has 0 aromatic carbocycles. The molecule has 0 amide bonds. The topological polar surface area (TPSA) is 80.7 Å². The number of ether oxygens (including phenoxy) is 1. The van der Waals surface area contributed by atoms with Crippen molar-refractivity contribution in [2.45, 2.75) is 33.8 Å². The Balaban J connectivity index is 1.79. The number of piperazine rings is 2. The fraction of sp³-hybridized carbons (Fsp3) is 0.950. The van der Waals surface area contributed by atoms with Crippen molar-refractivity contribution in [3.05, 3.63) is 0 Å². The van der Waals surface area contributed by atoms with Crippen LogP contribution in [0.4, 0.5) is 0 Å². The second-order valence-corrected chi connectivity index (χ2v) is 10.2. The van der Waals surface area contributed by atoms with E-state index in [0.717, 1.165) is 58.3 Å². The van der Waals surface area contributed by atoms with Crippen LogP contribution in [0.3, 0.4) is 0 Å². The molecular formula is C20H42N6O3S. The molecule has 0 aliphatic carbocycles. The lowest BCUT2D eigenvalue weighted by Gasteiger charge is -2.36. The quantitative estimate of drug-likeness (QED) is 0.373. The minimum atomic E-state index is -3.27. The highest BCUT2D eigenvalue weighted by atomic mass is 32.2. The maximum absolute atomic E-state index is 12.5. The summed E-state index contributed by atoms with van der Waals surface area (Å²) in [6.45, 7) is 18.8. The smallest absolute Gasteiger partial charge is 0.216 e. The molecule has 0 spiro atoms. The first-order valence-electron chi connectivity index (χ1n) is 11.4. The Bertz CT molecular complexity index is 612. The van der Waals surface area contributed by atoms with Crippen molar-refractivity contribution in [1.82, 2.24) is 24.3 Å². The van der Waals surface area contributed by atoms with Crippen LogP contribution in [0.2, 0.25) is 0 Å². The van der Waals surface area contributed by atoms with Gasteiger partial charge in [-0.2, -0.15) is 4.31 Å². The van der Waals surface area contributed by atoms with Gasteiger partial charge in [0.15, 0.2) is 5.96 Å². The van der Waals surface area contributed by atoms with Gasteiger partial charge in [0.05, 0.1) is 25.0 Å². The van der Waals surface area contributed by atoms with Crippen molar-refractivity contribution in [3.63, 3.8) is 0 Å². The zero-order chi connectivity index (χ0) is 22.0. The number of nitrogens with zero attached hydrogens (tertiary/aromatic N) is 5. The highest BCUT2D eigenvalue weighted by molar-refractivity contribution is 7.89. The summed E-state index contributed by atoms with van der Waals surface area (Å²) in [4.78, 5) is 11.9. The number of rotatable bonds is 10.